The van der Waals surface area contributed by atoms with E-state index in [-0.39, 0.29) is 29.4 Å². The van der Waals surface area contributed by atoms with Gasteiger partial charge in [0.1, 0.15) is 5.75 Å². The molecule has 2 rings (SSSR count). The molecule has 7 heteroatoms. The summed E-state index contributed by atoms with van der Waals surface area (Å²) in [5.41, 5.74) is 2.47. The maximum absolute atomic E-state index is 5.71. The van der Waals surface area contributed by atoms with Crippen LogP contribution in [0.5, 0.6) is 5.75 Å². The number of thioether (sulfide) groups is 1. The molecule has 2 N–H and O–H groups in total. The van der Waals surface area contributed by atoms with Crippen molar-refractivity contribution in [3.05, 3.63) is 29.3 Å². The summed E-state index contributed by atoms with van der Waals surface area (Å²) in [7, 11) is 1.75. The van der Waals surface area contributed by atoms with Gasteiger partial charge in [0, 0.05) is 37.3 Å². The average Bonchev–Trinajstić information content (AvgIpc) is 2.72. The highest BCUT2D eigenvalue weighted by Crippen LogP contribution is 2.40. The number of nitrogens with one attached hydrogen (secondary N) is 2. The summed E-state index contributed by atoms with van der Waals surface area (Å²) in [5.74, 6) is 3.08. The summed E-state index contributed by atoms with van der Waals surface area (Å²) in [4.78, 5) is 4.99. The lowest BCUT2D eigenvalue weighted by atomic mass is 9.73. The Balaban J connectivity index is 0.00000420. The van der Waals surface area contributed by atoms with Crippen LogP contribution in [0.25, 0.3) is 0 Å². The molecule has 0 bridgehead atoms. The summed E-state index contributed by atoms with van der Waals surface area (Å²) < 4.78 is 11.4. The van der Waals surface area contributed by atoms with Gasteiger partial charge >= 0.3 is 0 Å². The van der Waals surface area contributed by atoms with Gasteiger partial charge in [-0.3, -0.25) is 4.99 Å². The van der Waals surface area contributed by atoms with E-state index in [1.807, 2.05) is 11.8 Å². The fourth-order valence-corrected chi connectivity index (χ4v) is 4.15. The van der Waals surface area contributed by atoms with Gasteiger partial charge in [0.05, 0.1) is 13.7 Å². The van der Waals surface area contributed by atoms with Crippen LogP contribution in [0.15, 0.2) is 23.2 Å². The first kappa shape index (κ1) is 26.4. The smallest absolute Gasteiger partial charge is 0.191 e. The minimum absolute atomic E-state index is 0. The molecule has 0 amide bonds. The fraction of sp³-hybridized carbons (Fsp3) is 0.682. The van der Waals surface area contributed by atoms with E-state index in [0.717, 1.165) is 63.8 Å². The van der Waals surface area contributed by atoms with E-state index in [1.165, 1.54) is 23.3 Å². The van der Waals surface area contributed by atoms with Crippen LogP contribution in [0.3, 0.4) is 0 Å². The predicted octanol–water partition coefficient (Wildman–Crippen LogP) is 4.37. The molecule has 1 aromatic rings. The van der Waals surface area contributed by atoms with E-state index in [9.17, 15) is 0 Å². The zero-order valence-corrected chi connectivity index (χ0v) is 21.5. The highest BCUT2D eigenvalue weighted by Gasteiger charge is 2.37. The molecule has 5 nitrogen and oxygen atoms in total. The number of unbranched alkanes of at least 4 members (excludes halogenated alkanes) is 1. The van der Waals surface area contributed by atoms with Crippen LogP contribution in [0.1, 0.15) is 43.7 Å². The highest BCUT2D eigenvalue weighted by molar-refractivity contribution is 14.0. The van der Waals surface area contributed by atoms with Crippen LogP contribution in [-0.4, -0.2) is 57.9 Å². The topological polar surface area (TPSA) is 54.9 Å². The van der Waals surface area contributed by atoms with Crippen LogP contribution in [-0.2, 0) is 10.2 Å². The van der Waals surface area contributed by atoms with Crippen molar-refractivity contribution in [1.82, 2.24) is 10.6 Å². The summed E-state index contributed by atoms with van der Waals surface area (Å²) >= 11 is 1.90. The lowest BCUT2D eigenvalue weighted by Crippen LogP contribution is -2.41. The number of aliphatic imine (C=N–C) groups is 1. The molecule has 29 heavy (non-hydrogen) atoms. The Kier molecular flexibility index (Phi) is 13.1. The van der Waals surface area contributed by atoms with Crippen molar-refractivity contribution in [1.29, 1.82) is 0 Å². The van der Waals surface area contributed by atoms with E-state index in [4.69, 9.17) is 14.5 Å². The molecule has 0 radical (unpaired) electrons. The van der Waals surface area contributed by atoms with Crippen LogP contribution < -0.4 is 15.4 Å². The van der Waals surface area contributed by atoms with Crippen molar-refractivity contribution in [2.24, 2.45) is 4.99 Å². The molecule has 0 saturated carbocycles. The fourth-order valence-electron chi connectivity index (χ4n) is 3.66. The molecule has 0 aliphatic carbocycles. The zero-order chi connectivity index (χ0) is 20.2. The second-order valence-electron chi connectivity index (χ2n) is 7.42. The number of halogens is 1. The van der Waals surface area contributed by atoms with Gasteiger partial charge in [-0.2, -0.15) is 11.8 Å². The predicted molar refractivity (Wildman–Crippen MR) is 136 cm³/mol. The van der Waals surface area contributed by atoms with Gasteiger partial charge in [0.25, 0.3) is 0 Å². The third-order valence-electron chi connectivity index (χ3n) is 5.33. The van der Waals surface area contributed by atoms with Gasteiger partial charge in [-0.15, -0.1) is 24.0 Å². The Labute approximate surface area is 198 Å². The first-order chi connectivity index (χ1) is 13.6. The number of guanidine groups is 1. The van der Waals surface area contributed by atoms with Crippen molar-refractivity contribution < 1.29 is 9.47 Å². The average molecular weight is 536 g/mol. The lowest BCUT2D eigenvalue weighted by Gasteiger charge is -2.37. The largest absolute Gasteiger partial charge is 0.496 e. The molecule has 1 aliphatic rings. The Hall–Kier alpha value is -0.670. The normalized spacial score (nSPS) is 16.1. The van der Waals surface area contributed by atoms with Gasteiger partial charge in [0.2, 0.25) is 0 Å². The molecule has 1 aliphatic heterocycles. The van der Waals surface area contributed by atoms with Gasteiger partial charge in [-0.1, -0.05) is 17.7 Å². The quantitative estimate of drug-likeness (QED) is 0.202. The highest BCUT2D eigenvalue weighted by atomic mass is 127. The Morgan fingerprint density at radius 3 is 2.66 bits per heavy atom. The molecule has 1 saturated heterocycles. The summed E-state index contributed by atoms with van der Waals surface area (Å²) in [5, 5.41) is 6.89. The van der Waals surface area contributed by atoms with Crippen LogP contribution in [0.4, 0.5) is 0 Å². The summed E-state index contributed by atoms with van der Waals surface area (Å²) in [6.07, 6.45) is 6.48. The third-order valence-corrected chi connectivity index (χ3v) is 6.02. The van der Waals surface area contributed by atoms with Gasteiger partial charge < -0.3 is 20.1 Å². The molecule has 1 fully saturated rings. The number of benzene rings is 1. The zero-order valence-electron chi connectivity index (χ0n) is 18.4. The van der Waals surface area contributed by atoms with Crippen molar-refractivity contribution in [2.75, 3.05) is 52.0 Å². The minimum Gasteiger partial charge on any atom is -0.496 e. The number of nitrogens with zero attached hydrogens (tertiary/aromatic N) is 1. The van der Waals surface area contributed by atoms with Crippen LogP contribution in [0.2, 0.25) is 0 Å². The van der Waals surface area contributed by atoms with Crippen molar-refractivity contribution in [2.45, 2.75) is 44.9 Å². The number of methoxy groups -OCH3 is 1. The standard InChI is InChI=1S/C22H37N3O2S.HI/c1-5-23-21(24-12-6-7-15-28-4)25-17-22(10-13-27-14-11-22)19-16-18(2)8-9-20(19)26-3;/h8-9,16H,5-7,10-15,17H2,1-4H3,(H2,23,24,25);1H. The molecular formula is C22H38IN3O2S. The molecule has 1 heterocycles. The first-order valence-electron chi connectivity index (χ1n) is 10.4. The Morgan fingerprint density at radius 2 is 2.00 bits per heavy atom. The maximum atomic E-state index is 5.71. The van der Waals surface area contributed by atoms with E-state index >= 15 is 0 Å². The van der Waals surface area contributed by atoms with Gasteiger partial charge in [0.15, 0.2) is 5.96 Å². The molecule has 0 unspecified atom stereocenters. The third kappa shape index (κ3) is 8.17. The Bertz CT molecular complexity index is 622. The van der Waals surface area contributed by atoms with E-state index < -0.39 is 0 Å². The summed E-state index contributed by atoms with van der Waals surface area (Å²) in [6, 6.07) is 6.46. The van der Waals surface area contributed by atoms with Gasteiger partial charge in [-0.05, 0) is 57.6 Å². The van der Waals surface area contributed by atoms with Crippen molar-refractivity contribution in [3.8, 4) is 5.75 Å². The molecule has 166 valence electrons. The van der Waals surface area contributed by atoms with Gasteiger partial charge in [-0.25, -0.2) is 0 Å². The maximum Gasteiger partial charge on any atom is 0.191 e. The van der Waals surface area contributed by atoms with Crippen LogP contribution in [0, 0.1) is 6.92 Å². The second-order valence-corrected chi connectivity index (χ2v) is 8.40. The SMILES string of the molecule is CCNC(=NCC1(c2cc(C)ccc2OC)CCOCC1)NCCCCSC.I. The number of hydrogen-bond donors (Lipinski definition) is 2. The molecule has 0 atom stereocenters. The molecular weight excluding hydrogens is 497 g/mol. The van der Waals surface area contributed by atoms with Crippen molar-refractivity contribution >= 4 is 41.7 Å². The molecule has 0 spiro atoms. The second kappa shape index (κ2) is 14.4. The van der Waals surface area contributed by atoms with E-state index in [1.54, 1.807) is 7.11 Å². The monoisotopic (exact) mass is 535 g/mol. The number of aryl methyl sites for hydroxylation is 1. The minimum atomic E-state index is -0.0448. The van der Waals surface area contributed by atoms with E-state index in [0.29, 0.717) is 0 Å². The first-order valence-corrected chi connectivity index (χ1v) is 11.8. The molecule has 1 aromatic carbocycles. The Morgan fingerprint density at radius 1 is 1.24 bits per heavy atom. The number of rotatable bonds is 10. The van der Waals surface area contributed by atoms with Crippen LogP contribution >= 0.6 is 35.7 Å². The molecule has 0 aromatic heterocycles. The van der Waals surface area contributed by atoms with Crippen molar-refractivity contribution in [3.63, 3.8) is 0 Å². The lowest BCUT2D eigenvalue weighted by molar-refractivity contribution is 0.0522. The summed E-state index contributed by atoms with van der Waals surface area (Å²) in [6.45, 7) is 8.34. The number of ether oxygens (including phenoxy) is 2. The number of hydrogen-bond acceptors (Lipinski definition) is 4. The van der Waals surface area contributed by atoms with E-state index in [2.05, 4.69) is 48.9 Å².